The summed E-state index contributed by atoms with van der Waals surface area (Å²) in [6.07, 6.45) is 0.0543. The van der Waals surface area contributed by atoms with Crippen molar-refractivity contribution in [3.8, 4) is 11.1 Å². The largest absolute Gasteiger partial charge is 0.312 e. The fourth-order valence-corrected chi connectivity index (χ4v) is 3.69. The Labute approximate surface area is 134 Å². The van der Waals surface area contributed by atoms with Crippen molar-refractivity contribution in [2.45, 2.75) is 6.42 Å². The standard InChI is InChI=1S/C17H16FNO3S/c18-23(21,22)12-13-9-17(20)19(11-13)16-8-4-7-15(10-16)14-5-2-1-3-6-14/h1-8,10,13H,9,11-12H2. The Balaban J connectivity index is 1.84. The van der Waals surface area contributed by atoms with Gasteiger partial charge in [0.05, 0.1) is 5.75 Å². The number of halogens is 1. The summed E-state index contributed by atoms with van der Waals surface area (Å²) in [7, 11) is -4.57. The minimum atomic E-state index is -4.57. The van der Waals surface area contributed by atoms with Gasteiger partial charge in [-0.1, -0.05) is 42.5 Å². The quantitative estimate of drug-likeness (QED) is 0.808. The van der Waals surface area contributed by atoms with E-state index in [1.54, 1.807) is 6.07 Å². The monoisotopic (exact) mass is 333 g/mol. The van der Waals surface area contributed by atoms with E-state index in [1.165, 1.54) is 4.90 Å². The lowest BCUT2D eigenvalue weighted by molar-refractivity contribution is -0.117. The summed E-state index contributed by atoms with van der Waals surface area (Å²) in [6, 6.07) is 17.2. The number of hydrogen-bond acceptors (Lipinski definition) is 3. The van der Waals surface area contributed by atoms with E-state index in [9.17, 15) is 17.1 Å². The molecular weight excluding hydrogens is 317 g/mol. The zero-order chi connectivity index (χ0) is 16.4. The maximum absolute atomic E-state index is 12.8. The van der Waals surface area contributed by atoms with Crippen molar-refractivity contribution in [3.05, 3.63) is 54.6 Å². The highest BCUT2D eigenvalue weighted by Crippen LogP contribution is 2.29. The number of amides is 1. The Morgan fingerprint density at radius 2 is 1.74 bits per heavy atom. The molecule has 0 saturated carbocycles. The van der Waals surface area contributed by atoms with Crippen molar-refractivity contribution in [2.75, 3.05) is 17.2 Å². The van der Waals surface area contributed by atoms with Crippen LogP contribution in [0.4, 0.5) is 9.57 Å². The molecule has 120 valence electrons. The maximum Gasteiger partial charge on any atom is 0.302 e. The zero-order valence-corrected chi connectivity index (χ0v) is 13.2. The van der Waals surface area contributed by atoms with E-state index >= 15 is 0 Å². The normalized spacial score (nSPS) is 18.4. The average Bonchev–Trinajstić information content (AvgIpc) is 2.87. The number of hydrogen-bond donors (Lipinski definition) is 0. The molecule has 2 aromatic rings. The predicted octanol–water partition coefficient (Wildman–Crippen LogP) is 3.01. The van der Waals surface area contributed by atoms with Crippen molar-refractivity contribution >= 4 is 21.8 Å². The first-order valence-corrected chi connectivity index (χ1v) is 8.86. The predicted molar refractivity (Wildman–Crippen MR) is 87.2 cm³/mol. The second kappa shape index (κ2) is 6.12. The maximum atomic E-state index is 12.8. The molecule has 1 aliphatic heterocycles. The summed E-state index contributed by atoms with van der Waals surface area (Å²) >= 11 is 0. The van der Waals surface area contributed by atoms with Crippen LogP contribution < -0.4 is 4.90 Å². The van der Waals surface area contributed by atoms with Crippen LogP contribution in [0.1, 0.15) is 6.42 Å². The molecule has 1 saturated heterocycles. The third-order valence-electron chi connectivity index (χ3n) is 3.90. The molecular formula is C17H16FNO3S. The average molecular weight is 333 g/mol. The van der Waals surface area contributed by atoms with E-state index in [0.717, 1.165) is 11.1 Å². The number of rotatable bonds is 4. The molecule has 2 aromatic carbocycles. The Kier molecular flexibility index (Phi) is 4.17. The third-order valence-corrected chi connectivity index (χ3v) is 4.77. The first-order valence-electron chi connectivity index (χ1n) is 7.30. The van der Waals surface area contributed by atoms with Crippen LogP contribution in [0.5, 0.6) is 0 Å². The van der Waals surface area contributed by atoms with Gasteiger partial charge in [0.2, 0.25) is 5.91 Å². The van der Waals surface area contributed by atoms with Gasteiger partial charge in [-0.05, 0) is 23.3 Å². The van der Waals surface area contributed by atoms with Gasteiger partial charge in [0.25, 0.3) is 0 Å². The van der Waals surface area contributed by atoms with Crippen molar-refractivity contribution in [1.29, 1.82) is 0 Å². The number of nitrogens with zero attached hydrogens (tertiary/aromatic N) is 1. The number of anilines is 1. The number of carbonyl (C=O) groups is 1. The van der Waals surface area contributed by atoms with Gasteiger partial charge in [-0.3, -0.25) is 4.79 Å². The molecule has 23 heavy (non-hydrogen) atoms. The second-order valence-corrected chi connectivity index (χ2v) is 7.11. The minimum absolute atomic E-state index is 0.0543. The fourth-order valence-electron chi connectivity index (χ4n) is 2.91. The van der Waals surface area contributed by atoms with Gasteiger partial charge in [-0.2, -0.15) is 8.42 Å². The first-order chi connectivity index (χ1) is 10.9. The SMILES string of the molecule is O=C1CC(CS(=O)(=O)F)CN1c1cccc(-c2ccccc2)c1. The van der Waals surface area contributed by atoms with Gasteiger partial charge in [0, 0.05) is 24.6 Å². The molecule has 3 rings (SSSR count). The third kappa shape index (κ3) is 3.76. The van der Waals surface area contributed by atoms with E-state index in [0.29, 0.717) is 5.69 Å². The molecule has 0 aromatic heterocycles. The minimum Gasteiger partial charge on any atom is -0.312 e. The molecule has 1 fully saturated rings. The Morgan fingerprint density at radius 1 is 1.04 bits per heavy atom. The Bertz CT molecular complexity index is 821. The highest BCUT2D eigenvalue weighted by atomic mass is 32.3. The van der Waals surface area contributed by atoms with Crippen LogP contribution in [0.15, 0.2) is 54.6 Å². The molecule has 0 bridgehead atoms. The van der Waals surface area contributed by atoms with Crippen LogP contribution in [0.25, 0.3) is 11.1 Å². The molecule has 1 amide bonds. The highest BCUT2D eigenvalue weighted by Gasteiger charge is 2.33. The Morgan fingerprint density at radius 3 is 2.43 bits per heavy atom. The molecule has 1 unspecified atom stereocenters. The van der Waals surface area contributed by atoms with Crippen molar-refractivity contribution < 1.29 is 17.1 Å². The van der Waals surface area contributed by atoms with Crippen LogP contribution in [0, 0.1) is 5.92 Å². The summed E-state index contributed by atoms with van der Waals surface area (Å²) in [5.41, 5.74) is 2.71. The summed E-state index contributed by atoms with van der Waals surface area (Å²) in [4.78, 5) is 13.7. The van der Waals surface area contributed by atoms with Crippen molar-refractivity contribution in [1.82, 2.24) is 0 Å². The van der Waals surface area contributed by atoms with Gasteiger partial charge in [-0.15, -0.1) is 3.89 Å². The lowest BCUT2D eigenvalue weighted by Gasteiger charge is -2.17. The van der Waals surface area contributed by atoms with Crippen LogP contribution in [0.3, 0.4) is 0 Å². The van der Waals surface area contributed by atoms with Crippen LogP contribution in [-0.2, 0) is 15.0 Å². The highest BCUT2D eigenvalue weighted by molar-refractivity contribution is 7.86. The van der Waals surface area contributed by atoms with Gasteiger partial charge in [0.1, 0.15) is 0 Å². The molecule has 0 radical (unpaired) electrons. The topological polar surface area (TPSA) is 54.5 Å². The molecule has 0 N–H and O–H groups in total. The van der Waals surface area contributed by atoms with Gasteiger partial charge < -0.3 is 4.90 Å². The smallest absolute Gasteiger partial charge is 0.302 e. The Hall–Kier alpha value is -2.21. The summed E-state index contributed by atoms with van der Waals surface area (Å²) in [5.74, 6) is -1.28. The van der Waals surface area contributed by atoms with Crippen LogP contribution in [-0.4, -0.2) is 26.6 Å². The fraction of sp³-hybridized carbons (Fsp3) is 0.235. The lowest BCUT2D eigenvalue weighted by Crippen LogP contribution is -2.25. The van der Waals surface area contributed by atoms with Gasteiger partial charge in [0.15, 0.2) is 0 Å². The zero-order valence-electron chi connectivity index (χ0n) is 12.4. The van der Waals surface area contributed by atoms with E-state index in [2.05, 4.69) is 0 Å². The first kappa shape index (κ1) is 15.7. The molecule has 1 heterocycles. The van der Waals surface area contributed by atoms with E-state index in [-0.39, 0.29) is 18.9 Å². The van der Waals surface area contributed by atoms with E-state index in [1.807, 2.05) is 48.5 Å². The second-order valence-electron chi connectivity index (χ2n) is 5.70. The van der Waals surface area contributed by atoms with Crippen molar-refractivity contribution in [3.63, 3.8) is 0 Å². The molecule has 4 nitrogen and oxygen atoms in total. The van der Waals surface area contributed by atoms with Gasteiger partial charge >= 0.3 is 10.2 Å². The molecule has 6 heteroatoms. The lowest BCUT2D eigenvalue weighted by atomic mass is 10.1. The van der Waals surface area contributed by atoms with Crippen molar-refractivity contribution in [2.24, 2.45) is 5.92 Å². The van der Waals surface area contributed by atoms with Gasteiger partial charge in [-0.25, -0.2) is 0 Å². The molecule has 1 atom stereocenters. The molecule has 1 aliphatic rings. The van der Waals surface area contributed by atoms with Crippen LogP contribution >= 0.6 is 0 Å². The number of benzene rings is 2. The molecule has 0 aliphatic carbocycles. The summed E-state index contributed by atoms with van der Waals surface area (Å²) < 4.78 is 34.4. The summed E-state index contributed by atoms with van der Waals surface area (Å²) in [6.45, 7) is 0.222. The molecule has 0 spiro atoms. The summed E-state index contributed by atoms with van der Waals surface area (Å²) in [5, 5.41) is 0. The van der Waals surface area contributed by atoms with E-state index in [4.69, 9.17) is 0 Å². The van der Waals surface area contributed by atoms with Crippen LogP contribution in [0.2, 0.25) is 0 Å². The number of carbonyl (C=O) groups excluding carboxylic acids is 1. The van der Waals surface area contributed by atoms with E-state index < -0.39 is 21.9 Å².